The molecule has 20 heavy (non-hydrogen) atoms. The molecule has 1 amide bonds. The van der Waals surface area contributed by atoms with Crippen molar-refractivity contribution in [3.05, 3.63) is 40.5 Å². The molecule has 5 heteroatoms. The summed E-state index contributed by atoms with van der Waals surface area (Å²) in [6.07, 6.45) is 1.34. The number of halogens is 1. The third-order valence-corrected chi connectivity index (χ3v) is 3.33. The van der Waals surface area contributed by atoms with Crippen LogP contribution in [0.4, 0.5) is 4.79 Å². The van der Waals surface area contributed by atoms with Gasteiger partial charge >= 0.3 is 6.09 Å². The molecular weight excluding hydrogens is 320 g/mol. The normalized spacial score (nSPS) is 11.4. The summed E-state index contributed by atoms with van der Waals surface area (Å²) in [4.78, 5) is 15.9. The van der Waals surface area contributed by atoms with Gasteiger partial charge in [0, 0.05) is 22.6 Å². The van der Waals surface area contributed by atoms with Gasteiger partial charge in [0.05, 0.1) is 5.52 Å². The number of alkyl carbamates (subject to hydrolysis) is 1. The largest absolute Gasteiger partial charge is 0.444 e. The van der Waals surface area contributed by atoms with Crippen LogP contribution < -0.4 is 5.32 Å². The average Bonchev–Trinajstić information content (AvgIpc) is 2.34. The van der Waals surface area contributed by atoms with E-state index in [1.165, 1.54) is 0 Å². The molecule has 2 aromatic rings. The number of nitrogens with zero attached hydrogens (tertiary/aromatic N) is 1. The summed E-state index contributed by atoms with van der Waals surface area (Å²) < 4.78 is 6.13. The Kier molecular flexibility index (Phi) is 4.28. The van der Waals surface area contributed by atoms with E-state index in [0.29, 0.717) is 6.54 Å². The van der Waals surface area contributed by atoms with Crippen molar-refractivity contribution in [3.63, 3.8) is 0 Å². The Morgan fingerprint density at radius 1 is 1.40 bits per heavy atom. The highest BCUT2D eigenvalue weighted by atomic mass is 79.9. The van der Waals surface area contributed by atoms with Gasteiger partial charge in [-0.05, 0) is 44.5 Å². The van der Waals surface area contributed by atoms with Crippen LogP contribution in [0.1, 0.15) is 26.3 Å². The summed E-state index contributed by atoms with van der Waals surface area (Å²) in [5.41, 5.74) is 1.41. The molecule has 4 nitrogen and oxygen atoms in total. The van der Waals surface area contributed by atoms with Crippen LogP contribution >= 0.6 is 15.9 Å². The minimum Gasteiger partial charge on any atom is -0.444 e. The first kappa shape index (κ1) is 14.8. The number of carbonyl (C=O) groups is 1. The summed E-state index contributed by atoms with van der Waals surface area (Å²) in [7, 11) is 0. The molecule has 106 valence electrons. The topological polar surface area (TPSA) is 51.2 Å². The SMILES string of the molecule is CC(C)(C)OC(=O)NCc1cc2cccnc2cc1Br. The highest BCUT2D eigenvalue weighted by Crippen LogP contribution is 2.23. The maximum Gasteiger partial charge on any atom is 0.407 e. The number of pyridine rings is 1. The summed E-state index contributed by atoms with van der Waals surface area (Å²) in [5, 5.41) is 3.79. The van der Waals surface area contributed by atoms with Crippen LogP contribution in [0.3, 0.4) is 0 Å². The smallest absolute Gasteiger partial charge is 0.407 e. The van der Waals surface area contributed by atoms with Gasteiger partial charge in [0.25, 0.3) is 0 Å². The van der Waals surface area contributed by atoms with E-state index in [1.54, 1.807) is 6.20 Å². The number of hydrogen-bond acceptors (Lipinski definition) is 3. The molecule has 1 aromatic heterocycles. The van der Waals surface area contributed by atoms with Crippen LogP contribution in [0.15, 0.2) is 34.9 Å². The summed E-state index contributed by atoms with van der Waals surface area (Å²) in [5.74, 6) is 0. The van der Waals surface area contributed by atoms with Crippen LogP contribution in [0.5, 0.6) is 0 Å². The molecule has 1 aromatic carbocycles. The zero-order valence-corrected chi connectivity index (χ0v) is 13.3. The maximum absolute atomic E-state index is 11.6. The van der Waals surface area contributed by atoms with E-state index in [4.69, 9.17) is 4.74 Å². The quantitative estimate of drug-likeness (QED) is 0.900. The Hall–Kier alpha value is -1.62. The Bertz CT molecular complexity index is 635. The van der Waals surface area contributed by atoms with Crippen molar-refractivity contribution in [3.8, 4) is 0 Å². The third-order valence-electron chi connectivity index (χ3n) is 2.59. The number of hydrogen-bond donors (Lipinski definition) is 1. The number of fused-ring (bicyclic) bond motifs is 1. The first-order chi connectivity index (χ1) is 9.35. The molecule has 0 atom stereocenters. The molecular formula is C15H17BrN2O2. The van der Waals surface area contributed by atoms with Crippen molar-refractivity contribution < 1.29 is 9.53 Å². The first-order valence-electron chi connectivity index (χ1n) is 6.35. The van der Waals surface area contributed by atoms with Crippen LogP contribution in [0, 0.1) is 0 Å². The fraction of sp³-hybridized carbons (Fsp3) is 0.333. The van der Waals surface area contributed by atoms with E-state index < -0.39 is 11.7 Å². The van der Waals surface area contributed by atoms with Gasteiger partial charge in [0.1, 0.15) is 5.60 Å². The lowest BCUT2D eigenvalue weighted by Crippen LogP contribution is -2.32. The Morgan fingerprint density at radius 2 is 2.15 bits per heavy atom. The highest BCUT2D eigenvalue weighted by Gasteiger charge is 2.16. The van der Waals surface area contributed by atoms with Crippen LogP contribution in [-0.2, 0) is 11.3 Å². The van der Waals surface area contributed by atoms with Crippen LogP contribution in [0.2, 0.25) is 0 Å². The molecule has 0 saturated heterocycles. The van der Waals surface area contributed by atoms with Crippen molar-refractivity contribution >= 4 is 32.9 Å². The molecule has 0 aliphatic carbocycles. The minimum atomic E-state index is -0.491. The lowest BCUT2D eigenvalue weighted by Gasteiger charge is -2.19. The molecule has 0 unspecified atom stereocenters. The number of aromatic nitrogens is 1. The second kappa shape index (κ2) is 5.79. The van der Waals surface area contributed by atoms with Crippen LogP contribution in [-0.4, -0.2) is 16.7 Å². The summed E-state index contributed by atoms with van der Waals surface area (Å²) >= 11 is 3.50. The second-order valence-corrected chi connectivity index (χ2v) is 6.35. The van der Waals surface area contributed by atoms with E-state index in [0.717, 1.165) is 20.9 Å². The molecule has 1 N–H and O–H groups in total. The molecule has 0 aliphatic heterocycles. The van der Waals surface area contributed by atoms with Crippen molar-refractivity contribution in [1.82, 2.24) is 10.3 Å². The molecule has 0 saturated carbocycles. The molecule has 0 aliphatic rings. The molecule has 1 heterocycles. The number of ether oxygens (including phenoxy) is 1. The van der Waals surface area contributed by atoms with E-state index in [9.17, 15) is 4.79 Å². The fourth-order valence-corrected chi connectivity index (χ4v) is 2.23. The Balaban J connectivity index is 2.10. The lowest BCUT2D eigenvalue weighted by molar-refractivity contribution is 0.0523. The zero-order valence-electron chi connectivity index (χ0n) is 11.7. The minimum absolute atomic E-state index is 0.403. The number of carbonyl (C=O) groups excluding carboxylic acids is 1. The van der Waals surface area contributed by atoms with Gasteiger partial charge in [0.15, 0.2) is 0 Å². The van der Waals surface area contributed by atoms with Crippen LogP contribution in [0.25, 0.3) is 10.9 Å². The number of nitrogens with one attached hydrogen (secondary N) is 1. The molecule has 0 spiro atoms. The van der Waals surface area contributed by atoms with Crippen molar-refractivity contribution in [2.45, 2.75) is 32.9 Å². The maximum atomic E-state index is 11.6. The fourth-order valence-electron chi connectivity index (χ4n) is 1.76. The standard InChI is InChI=1S/C15H17BrN2O2/c1-15(2,3)20-14(19)18-9-11-7-10-5-4-6-17-13(10)8-12(11)16/h4-8H,9H2,1-3H3,(H,18,19). The van der Waals surface area contributed by atoms with Gasteiger partial charge < -0.3 is 10.1 Å². The van der Waals surface area contributed by atoms with Gasteiger partial charge in [-0.3, -0.25) is 4.98 Å². The van der Waals surface area contributed by atoms with Crippen molar-refractivity contribution in [2.24, 2.45) is 0 Å². The Morgan fingerprint density at radius 3 is 2.85 bits per heavy atom. The molecule has 0 bridgehead atoms. The predicted octanol–water partition coefficient (Wildman–Crippen LogP) is 4.02. The van der Waals surface area contributed by atoms with E-state index in [-0.39, 0.29) is 0 Å². The molecule has 0 fully saturated rings. The first-order valence-corrected chi connectivity index (χ1v) is 7.14. The van der Waals surface area contributed by atoms with Gasteiger partial charge in [-0.1, -0.05) is 22.0 Å². The number of amides is 1. The summed E-state index contributed by atoms with van der Waals surface area (Å²) in [6, 6.07) is 7.83. The third kappa shape index (κ3) is 3.93. The predicted molar refractivity (Wildman–Crippen MR) is 82.5 cm³/mol. The Labute approximate surface area is 126 Å². The average molecular weight is 337 g/mol. The van der Waals surface area contributed by atoms with E-state index in [2.05, 4.69) is 26.2 Å². The van der Waals surface area contributed by atoms with Gasteiger partial charge in [-0.25, -0.2) is 4.79 Å². The van der Waals surface area contributed by atoms with E-state index in [1.807, 2.05) is 45.0 Å². The van der Waals surface area contributed by atoms with Crippen molar-refractivity contribution in [2.75, 3.05) is 0 Å². The number of benzene rings is 1. The second-order valence-electron chi connectivity index (χ2n) is 5.50. The van der Waals surface area contributed by atoms with Gasteiger partial charge in [0.2, 0.25) is 0 Å². The van der Waals surface area contributed by atoms with Crippen molar-refractivity contribution in [1.29, 1.82) is 0 Å². The molecule has 2 rings (SSSR count). The monoisotopic (exact) mass is 336 g/mol. The highest BCUT2D eigenvalue weighted by molar-refractivity contribution is 9.10. The van der Waals surface area contributed by atoms with Gasteiger partial charge in [-0.2, -0.15) is 0 Å². The number of rotatable bonds is 2. The van der Waals surface area contributed by atoms with Gasteiger partial charge in [-0.15, -0.1) is 0 Å². The molecule has 0 radical (unpaired) electrons. The zero-order chi connectivity index (χ0) is 14.8. The summed E-state index contributed by atoms with van der Waals surface area (Å²) in [6.45, 7) is 5.92. The lowest BCUT2D eigenvalue weighted by atomic mass is 10.1. The van der Waals surface area contributed by atoms with E-state index >= 15 is 0 Å².